The van der Waals surface area contributed by atoms with Gasteiger partial charge in [0.15, 0.2) is 30.4 Å². The number of carbonyl (C=O) groups excluding carboxylic acids is 1. The first-order valence-electron chi connectivity index (χ1n) is 12.4. The highest BCUT2D eigenvalue weighted by atomic mass is 16.8. The minimum atomic E-state index is -2.35. The summed E-state index contributed by atoms with van der Waals surface area (Å²) < 4.78 is 23.0. The van der Waals surface area contributed by atoms with Gasteiger partial charge in [-0.2, -0.15) is 0 Å². The van der Waals surface area contributed by atoms with Gasteiger partial charge in [0.1, 0.15) is 48.8 Å². The van der Waals surface area contributed by atoms with Crippen LogP contribution in [0, 0.1) is 0 Å². The molecule has 0 amide bonds. The molecule has 3 aliphatic rings. The predicted molar refractivity (Wildman–Crippen MR) is 129 cm³/mol. The molecule has 2 heterocycles. The van der Waals surface area contributed by atoms with E-state index in [2.05, 4.69) is 15.6 Å². The average Bonchev–Trinajstić information content (AvgIpc) is 3.13. The van der Waals surface area contributed by atoms with Crippen LogP contribution in [0.5, 0.6) is 0 Å². The van der Waals surface area contributed by atoms with E-state index in [0.29, 0.717) is 0 Å². The van der Waals surface area contributed by atoms with E-state index >= 15 is 0 Å². The van der Waals surface area contributed by atoms with Crippen molar-refractivity contribution >= 4 is 12.2 Å². The van der Waals surface area contributed by atoms with Crippen LogP contribution < -0.4 is 27.8 Å². The topological polar surface area (TPSA) is 310 Å². The van der Waals surface area contributed by atoms with Gasteiger partial charge in [-0.25, -0.2) is 4.99 Å². The van der Waals surface area contributed by atoms with Gasteiger partial charge in [0.05, 0.1) is 30.9 Å². The summed E-state index contributed by atoms with van der Waals surface area (Å²) in [5.74, 6) is -0.476. The van der Waals surface area contributed by atoms with Gasteiger partial charge in [-0.1, -0.05) is 0 Å². The maximum absolute atomic E-state index is 12.1. The number of aldehydes is 1. The Hall–Kier alpha value is -1.62. The highest BCUT2D eigenvalue weighted by molar-refractivity contribution is 5.76. The van der Waals surface area contributed by atoms with Crippen molar-refractivity contribution in [2.75, 3.05) is 20.3 Å². The second kappa shape index (κ2) is 12.9. The van der Waals surface area contributed by atoms with Gasteiger partial charge in [0.2, 0.25) is 0 Å². The number of likely N-dealkylation sites (N-methyl/N-ethyl adjacent to an activating group) is 1. The molecule has 18 heteroatoms. The normalized spacial score (nSPS) is 48.6. The third-order valence-corrected chi connectivity index (χ3v) is 7.43. The molecular weight excluding hydrogens is 528 g/mol. The standard InChI is InChI=1S/C21H40N6O12/c1-6-21(35,4-29)17(39-18-10(25-2)14(33)11(30)7(3-28)37-18)19(36-6)38-16-9(27-20(23)24)12(31)8(26-5-22)13(32)15(16)34/h4,6-19,25-26,28,30-35H,3,5,22H2,1-2H3,(H4,23,24,27)/t6-,7-,8+,9-,10-,11-,12+,13-,14-,15+,16+,17-,18-,19+,21+/m0/s1. The summed E-state index contributed by atoms with van der Waals surface area (Å²) in [7, 11) is 1.43. The molecule has 39 heavy (non-hydrogen) atoms. The van der Waals surface area contributed by atoms with Crippen molar-refractivity contribution in [2.24, 2.45) is 22.2 Å². The molecule has 226 valence electrons. The van der Waals surface area contributed by atoms with Gasteiger partial charge in [-0.15, -0.1) is 0 Å². The van der Waals surface area contributed by atoms with Crippen LogP contribution in [0.3, 0.4) is 0 Å². The first-order chi connectivity index (χ1) is 18.4. The molecule has 0 aromatic carbocycles. The second-order valence-corrected chi connectivity index (χ2v) is 9.78. The predicted octanol–water partition coefficient (Wildman–Crippen LogP) is -7.93. The zero-order valence-electron chi connectivity index (χ0n) is 21.4. The molecule has 15 N–H and O–H groups in total. The average molecular weight is 569 g/mol. The Kier molecular flexibility index (Phi) is 10.6. The largest absolute Gasteiger partial charge is 0.394 e. The van der Waals surface area contributed by atoms with Gasteiger partial charge < -0.3 is 77.2 Å². The third kappa shape index (κ3) is 6.04. The Morgan fingerprint density at radius 2 is 1.64 bits per heavy atom. The molecule has 1 saturated carbocycles. The summed E-state index contributed by atoms with van der Waals surface area (Å²) in [6, 6.07) is -3.64. The maximum Gasteiger partial charge on any atom is 0.188 e. The number of hydrogen-bond donors (Lipinski definition) is 12. The number of ether oxygens (including phenoxy) is 4. The maximum atomic E-state index is 12.1. The molecular formula is C21H40N6O12. The Morgan fingerprint density at radius 3 is 2.18 bits per heavy atom. The number of aliphatic hydroxyl groups is 7. The van der Waals surface area contributed by atoms with Crippen molar-refractivity contribution in [1.29, 1.82) is 0 Å². The van der Waals surface area contributed by atoms with Gasteiger partial charge in [0, 0.05) is 6.67 Å². The number of carbonyl (C=O) groups is 1. The lowest BCUT2D eigenvalue weighted by molar-refractivity contribution is -0.314. The lowest BCUT2D eigenvalue weighted by atomic mass is 9.81. The molecule has 0 aromatic heterocycles. The molecule has 3 rings (SSSR count). The van der Waals surface area contributed by atoms with Crippen molar-refractivity contribution in [3.8, 4) is 0 Å². The number of rotatable bonds is 10. The summed E-state index contributed by atoms with van der Waals surface area (Å²) >= 11 is 0. The minimum absolute atomic E-state index is 0.160. The highest BCUT2D eigenvalue weighted by Gasteiger charge is 2.60. The number of nitrogens with zero attached hydrogens (tertiary/aromatic N) is 1. The van der Waals surface area contributed by atoms with Crippen LogP contribution in [0.1, 0.15) is 6.92 Å². The first-order valence-corrected chi connectivity index (χ1v) is 12.4. The Labute approximate surface area is 223 Å². The fourth-order valence-corrected chi connectivity index (χ4v) is 5.15. The fraction of sp³-hybridized carbons (Fsp3) is 0.905. The molecule has 0 bridgehead atoms. The number of aliphatic imine (C=N–C) groups is 1. The first kappa shape index (κ1) is 31.9. The van der Waals surface area contributed by atoms with Crippen LogP contribution in [0.4, 0.5) is 0 Å². The lowest BCUT2D eigenvalue weighted by Gasteiger charge is -2.46. The quantitative estimate of drug-likeness (QED) is 0.0503. The van der Waals surface area contributed by atoms with Gasteiger partial charge in [0.25, 0.3) is 0 Å². The highest BCUT2D eigenvalue weighted by Crippen LogP contribution is 2.38. The van der Waals surface area contributed by atoms with Gasteiger partial charge in [-0.05, 0) is 14.0 Å². The lowest BCUT2D eigenvalue weighted by Crippen LogP contribution is -2.69. The van der Waals surface area contributed by atoms with Crippen LogP contribution in [0.2, 0.25) is 0 Å². The summed E-state index contributed by atoms with van der Waals surface area (Å²) in [4.78, 5) is 16.0. The van der Waals surface area contributed by atoms with Crippen LogP contribution in [0.25, 0.3) is 0 Å². The van der Waals surface area contributed by atoms with E-state index in [9.17, 15) is 40.5 Å². The number of nitrogens with two attached hydrogens (primary N) is 3. The van der Waals surface area contributed by atoms with Crippen molar-refractivity contribution in [2.45, 2.75) is 98.2 Å². The van der Waals surface area contributed by atoms with E-state index in [1.54, 1.807) is 0 Å². The van der Waals surface area contributed by atoms with Crippen molar-refractivity contribution in [3.05, 3.63) is 0 Å². The number of hydrogen-bond acceptors (Lipinski definition) is 16. The van der Waals surface area contributed by atoms with Crippen molar-refractivity contribution < 1.29 is 59.5 Å². The summed E-state index contributed by atoms with van der Waals surface area (Å²) in [5.41, 5.74) is 14.2. The van der Waals surface area contributed by atoms with E-state index < -0.39 is 104 Å². The number of nitrogens with one attached hydrogen (secondary N) is 2. The van der Waals surface area contributed by atoms with Crippen LogP contribution in [0.15, 0.2) is 4.99 Å². The molecule has 0 radical (unpaired) electrons. The van der Waals surface area contributed by atoms with Crippen LogP contribution in [-0.2, 0) is 23.7 Å². The fourth-order valence-electron chi connectivity index (χ4n) is 5.15. The monoisotopic (exact) mass is 568 g/mol. The molecule has 3 fully saturated rings. The van der Waals surface area contributed by atoms with Crippen molar-refractivity contribution in [3.63, 3.8) is 0 Å². The Balaban J connectivity index is 1.94. The smallest absolute Gasteiger partial charge is 0.188 e. The number of aliphatic hydroxyl groups excluding tert-OH is 6. The van der Waals surface area contributed by atoms with E-state index in [4.69, 9.17) is 36.1 Å². The van der Waals surface area contributed by atoms with Gasteiger partial charge >= 0.3 is 0 Å². The molecule has 0 unspecified atom stereocenters. The van der Waals surface area contributed by atoms with E-state index in [-0.39, 0.29) is 13.0 Å². The van der Waals surface area contributed by atoms with E-state index in [1.165, 1.54) is 14.0 Å². The molecule has 18 nitrogen and oxygen atoms in total. The van der Waals surface area contributed by atoms with Crippen LogP contribution >= 0.6 is 0 Å². The summed E-state index contributed by atoms with van der Waals surface area (Å²) in [5, 5.41) is 79.2. The molecule has 15 atom stereocenters. The SMILES string of the molecule is CN[C@@H]1[C@H](O[C@H]2[C@@H](O[C@H]3[C@H](O)[C@@H](O)[C@H](NCN)[C@@H](O)[C@@H]3N=C(N)N)O[C@@H](C)[C@]2(O)C=O)O[C@@H](CO)[C@H](O)[C@H]1O. The van der Waals surface area contributed by atoms with E-state index in [0.717, 1.165) is 0 Å². The van der Waals surface area contributed by atoms with E-state index in [1.807, 2.05) is 0 Å². The Morgan fingerprint density at radius 1 is 1.00 bits per heavy atom. The molecule has 2 saturated heterocycles. The Bertz CT molecular complexity index is 856. The molecule has 2 aliphatic heterocycles. The summed E-state index contributed by atoms with van der Waals surface area (Å²) in [6.07, 6.45) is -16.6. The zero-order chi connectivity index (χ0) is 29.2. The minimum Gasteiger partial charge on any atom is -0.394 e. The molecule has 0 spiro atoms. The third-order valence-electron chi connectivity index (χ3n) is 7.43. The zero-order valence-corrected chi connectivity index (χ0v) is 21.4. The second-order valence-electron chi connectivity index (χ2n) is 9.78. The van der Waals surface area contributed by atoms with Gasteiger partial charge in [-0.3, -0.25) is 10.1 Å². The number of guanidine groups is 1. The van der Waals surface area contributed by atoms with Crippen LogP contribution in [-0.4, -0.2) is 160 Å². The summed E-state index contributed by atoms with van der Waals surface area (Å²) in [6.45, 7) is 0.489. The van der Waals surface area contributed by atoms with Crippen molar-refractivity contribution in [1.82, 2.24) is 10.6 Å². The molecule has 0 aromatic rings. The molecule has 1 aliphatic carbocycles.